The minimum Gasteiger partial charge on any atom is -0.0654 e. The van der Waals surface area contributed by atoms with E-state index in [2.05, 4.69) is 75.4 Å². The summed E-state index contributed by atoms with van der Waals surface area (Å²) in [5.74, 6) is 0. The number of unbranched alkanes of at least 4 members (excludes halogenated alkanes) is 9. The fourth-order valence-electron chi connectivity index (χ4n) is 5.88. The monoisotopic (exact) mass is 480 g/mol. The average Bonchev–Trinajstić information content (AvgIpc) is 2.91. The summed E-state index contributed by atoms with van der Waals surface area (Å²) in [5.41, 5.74) is 4.50. The first kappa shape index (κ1) is 26.7. The standard InChI is InChI=1S/C36H48/c1-4-7-10-13-16-28-19-22-31-34(25-28)32-23-20-29(17-14-11-8-5-2)27-36(32)33-24-21-30(26-35(31)33)18-15-12-9-6-3/h19-27H,4-18H2,1-3H3. The lowest BCUT2D eigenvalue weighted by molar-refractivity contribution is 0.667. The molecule has 0 nitrogen and oxygen atoms in total. The Kier molecular flexibility index (Phi) is 10.3. The van der Waals surface area contributed by atoms with E-state index in [9.17, 15) is 0 Å². The highest BCUT2D eigenvalue weighted by Crippen LogP contribution is 2.37. The van der Waals surface area contributed by atoms with Crippen LogP contribution in [0.25, 0.3) is 32.3 Å². The van der Waals surface area contributed by atoms with Crippen LogP contribution >= 0.6 is 0 Å². The molecule has 0 amide bonds. The van der Waals surface area contributed by atoms with Gasteiger partial charge in [0.2, 0.25) is 0 Å². The summed E-state index contributed by atoms with van der Waals surface area (Å²) in [4.78, 5) is 0. The molecular weight excluding hydrogens is 432 g/mol. The summed E-state index contributed by atoms with van der Waals surface area (Å²) in [5, 5.41) is 8.64. The summed E-state index contributed by atoms with van der Waals surface area (Å²) in [7, 11) is 0. The summed E-state index contributed by atoms with van der Waals surface area (Å²) < 4.78 is 0. The molecule has 0 N–H and O–H groups in total. The predicted molar refractivity (Wildman–Crippen MR) is 162 cm³/mol. The van der Waals surface area contributed by atoms with Crippen LogP contribution in [0.5, 0.6) is 0 Å². The molecule has 0 aliphatic carbocycles. The molecular formula is C36H48. The predicted octanol–water partition coefficient (Wildman–Crippen LogP) is 11.5. The number of hydrogen-bond acceptors (Lipinski definition) is 0. The van der Waals surface area contributed by atoms with E-state index in [1.165, 1.54) is 145 Å². The Balaban J connectivity index is 1.75. The van der Waals surface area contributed by atoms with Crippen molar-refractivity contribution in [3.05, 3.63) is 71.3 Å². The number of fused-ring (bicyclic) bond motifs is 6. The normalized spacial score (nSPS) is 11.8. The second-order valence-electron chi connectivity index (χ2n) is 11.1. The van der Waals surface area contributed by atoms with E-state index in [-0.39, 0.29) is 0 Å². The van der Waals surface area contributed by atoms with Gasteiger partial charge in [0.1, 0.15) is 0 Å². The molecule has 0 aliphatic heterocycles. The molecule has 0 saturated heterocycles. The third kappa shape index (κ3) is 6.70. The molecule has 0 unspecified atom stereocenters. The van der Waals surface area contributed by atoms with Gasteiger partial charge in [-0.25, -0.2) is 0 Å². The van der Waals surface area contributed by atoms with Crippen molar-refractivity contribution in [1.29, 1.82) is 0 Å². The minimum absolute atomic E-state index is 1.20. The van der Waals surface area contributed by atoms with Crippen LogP contribution in [-0.2, 0) is 19.3 Å². The van der Waals surface area contributed by atoms with Crippen LogP contribution in [0.15, 0.2) is 54.6 Å². The first-order chi connectivity index (χ1) is 17.7. The molecule has 0 spiro atoms. The number of benzene rings is 4. The highest BCUT2D eigenvalue weighted by Gasteiger charge is 2.11. The van der Waals surface area contributed by atoms with E-state index in [1.807, 2.05) is 0 Å². The molecule has 192 valence electrons. The van der Waals surface area contributed by atoms with Crippen molar-refractivity contribution in [2.45, 2.75) is 117 Å². The maximum absolute atomic E-state index is 2.51. The summed E-state index contributed by atoms with van der Waals surface area (Å²) >= 11 is 0. The zero-order valence-electron chi connectivity index (χ0n) is 23.3. The molecule has 0 aromatic heterocycles. The van der Waals surface area contributed by atoms with Gasteiger partial charge in [0.25, 0.3) is 0 Å². The Bertz CT molecular complexity index is 1060. The van der Waals surface area contributed by atoms with Gasteiger partial charge in [-0.1, -0.05) is 133 Å². The number of aryl methyl sites for hydroxylation is 3. The maximum Gasteiger partial charge on any atom is -0.00962 e. The lowest BCUT2D eigenvalue weighted by atomic mass is 9.89. The third-order valence-corrected chi connectivity index (χ3v) is 8.08. The zero-order valence-corrected chi connectivity index (χ0v) is 23.3. The van der Waals surface area contributed by atoms with Crippen LogP contribution in [0.2, 0.25) is 0 Å². The second kappa shape index (κ2) is 13.8. The Morgan fingerprint density at radius 3 is 0.917 bits per heavy atom. The average molecular weight is 481 g/mol. The Morgan fingerprint density at radius 2 is 0.639 bits per heavy atom. The molecule has 36 heavy (non-hydrogen) atoms. The van der Waals surface area contributed by atoms with Gasteiger partial charge >= 0.3 is 0 Å². The topological polar surface area (TPSA) is 0 Å². The van der Waals surface area contributed by atoms with Gasteiger partial charge in [0, 0.05) is 0 Å². The van der Waals surface area contributed by atoms with Crippen LogP contribution in [-0.4, -0.2) is 0 Å². The van der Waals surface area contributed by atoms with E-state index in [1.54, 1.807) is 0 Å². The van der Waals surface area contributed by atoms with Crippen molar-refractivity contribution < 1.29 is 0 Å². The molecule has 4 aromatic rings. The van der Waals surface area contributed by atoms with Gasteiger partial charge in [0.15, 0.2) is 0 Å². The van der Waals surface area contributed by atoms with Crippen molar-refractivity contribution >= 4 is 32.3 Å². The molecule has 0 aliphatic rings. The molecule has 0 saturated carbocycles. The lowest BCUT2D eigenvalue weighted by Gasteiger charge is -2.15. The van der Waals surface area contributed by atoms with Crippen molar-refractivity contribution in [1.82, 2.24) is 0 Å². The van der Waals surface area contributed by atoms with Gasteiger partial charge in [-0.3, -0.25) is 0 Å². The number of hydrogen-bond donors (Lipinski definition) is 0. The highest BCUT2D eigenvalue weighted by atomic mass is 14.2. The van der Waals surface area contributed by atoms with E-state index in [0.717, 1.165) is 0 Å². The van der Waals surface area contributed by atoms with E-state index < -0.39 is 0 Å². The van der Waals surface area contributed by atoms with Crippen molar-refractivity contribution in [3.8, 4) is 0 Å². The number of rotatable bonds is 15. The lowest BCUT2D eigenvalue weighted by Crippen LogP contribution is -1.92. The Hall–Kier alpha value is -2.34. The van der Waals surface area contributed by atoms with E-state index in [4.69, 9.17) is 0 Å². The molecule has 0 fully saturated rings. The zero-order chi connectivity index (χ0) is 25.2. The van der Waals surface area contributed by atoms with Gasteiger partial charge in [-0.05, 0) is 87.5 Å². The first-order valence-corrected chi connectivity index (χ1v) is 15.1. The third-order valence-electron chi connectivity index (χ3n) is 8.08. The van der Waals surface area contributed by atoms with Crippen LogP contribution in [0, 0.1) is 0 Å². The molecule has 0 heteroatoms. The van der Waals surface area contributed by atoms with Crippen LogP contribution in [0.1, 0.15) is 115 Å². The first-order valence-electron chi connectivity index (χ1n) is 15.1. The van der Waals surface area contributed by atoms with E-state index in [0.29, 0.717) is 0 Å². The van der Waals surface area contributed by atoms with Gasteiger partial charge in [0.05, 0.1) is 0 Å². The van der Waals surface area contributed by atoms with Gasteiger partial charge in [-0.2, -0.15) is 0 Å². The Morgan fingerprint density at radius 1 is 0.333 bits per heavy atom. The fourth-order valence-corrected chi connectivity index (χ4v) is 5.88. The molecule has 0 heterocycles. The molecule has 0 atom stereocenters. The smallest absolute Gasteiger partial charge is 0.00962 e. The summed E-state index contributed by atoms with van der Waals surface area (Å²) in [6.07, 6.45) is 19.5. The fraction of sp³-hybridized carbons (Fsp3) is 0.500. The SMILES string of the molecule is CCCCCCc1ccc2c(c1)c1ccc(CCCCCC)cc1c1ccc(CCCCCC)cc21. The summed E-state index contributed by atoms with van der Waals surface area (Å²) in [6.45, 7) is 6.89. The van der Waals surface area contributed by atoms with Crippen LogP contribution in [0.3, 0.4) is 0 Å². The second-order valence-corrected chi connectivity index (χ2v) is 11.1. The maximum atomic E-state index is 2.51. The van der Waals surface area contributed by atoms with Crippen LogP contribution in [0.4, 0.5) is 0 Å². The highest BCUT2D eigenvalue weighted by molar-refractivity contribution is 6.25. The Labute approximate surface area is 220 Å². The van der Waals surface area contributed by atoms with Crippen molar-refractivity contribution in [3.63, 3.8) is 0 Å². The van der Waals surface area contributed by atoms with Gasteiger partial charge < -0.3 is 0 Å². The molecule has 0 radical (unpaired) electrons. The minimum atomic E-state index is 1.20. The summed E-state index contributed by atoms with van der Waals surface area (Å²) in [6, 6.07) is 22.0. The van der Waals surface area contributed by atoms with Crippen LogP contribution < -0.4 is 0 Å². The van der Waals surface area contributed by atoms with E-state index >= 15 is 0 Å². The van der Waals surface area contributed by atoms with Crippen molar-refractivity contribution in [2.75, 3.05) is 0 Å². The van der Waals surface area contributed by atoms with Crippen molar-refractivity contribution in [2.24, 2.45) is 0 Å². The molecule has 0 bridgehead atoms. The quantitative estimate of drug-likeness (QED) is 0.117. The molecule has 4 rings (SSSR count). The largest absolute Gasteiger partial charge is 0.0654 e. The van der Waals surface area contributed by atoms with Gasteiger partial charge in [-0.15, -0.1) is 0 Å². The molecule has 4 aromatic carbocycles.